The van der Waals surface area contributed by atoms with E-state index in [1.54, 1.807) is 20.8 Å². The van der Waals surface area contributed by atoms with E-state index in [-0.39, 0.29) is 18.7 Å². The summed E-state index contributed by atoms with van der Waals surface area (Å²) in [7, 11) is 0. The van der Waals surface area contributed by atoms with Gasteiger partial charge in [0.2, 0.25) is 0 Å². The number of amides is 1. The molecule has 0 unspecified atom stereocenters. The van der Waals surface area contributed by atoms with Crippen molar-refractivity contribution >= 4 is 6.09 Å². The zero-order chi connectivity index (χ0) is 15.6. The van der Waals surface area contributed by atoms with Crippen LogP contribution in [0.4, 0.5) is 9.18 Å². The van der Waals surface area contributed by atoms with Crippen molar-refractivity contribution in [3.05, 3.63) is 11.4 Å². The van der Waals surface area contributed by atoms with E-state index in [0.717, 1.165) is 0 Å². The van der Waals surface area contributed by atoms with Gasteiger partial charge in [-0.15, -0.1) is 0 Å². The molecule has 0 radical (unpaired) electrons. The monoisotopic (exact) mass is 289 g/mol. The first kappa shape index (κ1) is 16.9. The highest BCUT2D eigenvalue weighted by Crippen LogP contribution is 2.23. The van der Waals surface area contributed by atoms with Gasteiger partial charge in [-0.3, -0.25) is 0 Å². The lowest BCUT2D eigenvalue weighted by molar-refractivity contribution is -0.0221. The number of halogens is 1. The van der Waals surface area contributed by atoms with Gasteiger partial charge >= 0.3 is 6.09 Å². The Labute approximate surface area is 119 Å². The van der Waals surface area contributed by atoms with Gasteiger partial charge in [-0.25, -0.2) is 9.18 Å². The summed E-state index contributed by atoms with van der Waals surface area (Å²) in [6.45, 7) is 8.68. The summed E-state index contributed by atoms with van der Waals surface area (Å²) >= 11 is 0. The Morgan fingerprint density at radius 3 is 2.60 bits per heavy atom. The van der Waals surface area contributed by atoms with E-state index in [0.29, 0.717) is 6.54 Å². The Hall–Kier alpha value is -1.14. The zero-order valence-corrected chi connectivity index (χ0v) is 12.8. The molecule has 1 aliphatic heterocycles. The maximum Gasteiger partial charge on any atom is 0.410 e. The second-order valence-electron chi connectivity index (χ2n) is 6.55. The number of carbonyl (C=O) groups excluding carboxylic acids is 1. The van der Waals surface area contributed by atoms with Crippen molar-refractivity contribution in [3.8, 4) is 0 Å². The minimum atomic E-state index is -0.693. The van der Waals surface area contributed by atoms with E-state index in [2.05, 4.69) is 0 Å². The highest BCUT2D eigenvalue weighted by Gasteiger charge is 2.33. The van der Waals surface area contributed by atoms with Crippen LogP contribution < -0.4 is 0 Å². The van der Waals surface area contributed by atoms with E-state index in [9.17, 15) is 9.18 Å². The highest BCUT2D eigenvalue weighted by molar-refractivity contribution is 5.68. The molecule has 5 nitrogen and oxygen atoms in total. The van der Waals surface area contributed by atoms with Crippen molar-refractivity contribution in [1.29, 1.82) is 0 Å². The topological polar surface area (TPSA) is 59.0 Å². The molecule has 1 rings (SSSR count). The lowest BCUT2D eigenvalue weighted by Gasteiger charge is -2.30. The third-order valence-corrected chi connectivity index (χ3v) is 2.76. The van der Waals surface area contributed by atoms with Crippen molar-refractivity contribution in [1.82, 2.24) is 4.90 Å². The minimum Gasteiger partial charge on any atom is -0.444 e. The summed E-state index contributed by atoms with van der Waals surface area (Å²) in [6.07, 6.45) is -0.515. The molecule has 1 fully saturated rings. The first-order valence-electron chi connectivity index (χ1n) is 6.63. The molecule has 1 aliphatic rings. The van der Waals surface area contributed by atoms with Gasteiger partial charge in [0.1, 0.15) is 11.4 Å². The Balaban J connectivity index is 2.94. The molecule has 20 heavy (non-hydrogen) atoms. The molecular formula is C14H24FNO4. The standard InChI is InChI=1S/C14H24FNO4/c1-13(2,3)20-12(18)16-6-10(11(15)7-17)8-19-14(4,5)9-16/h17H,6-9H2,1-5H3/b11-10-. The summed E-state index contributed by atoms with van der Waals surface area (Å²) < 4.78 is 24.5. The summed E-state index contributed by atoms with van der Waals surface area (Å²) in [5.74, 6) is -0.656. The summed E-state index contributed by atoms with van der Waals surface area (Å²) in [5.41, 5.74) is -0.953. The fourth-order valence-corrected chi connectivity index (χ4v) is 1.85. The van der Waals surface area contributed by atoms with Crippen LogP contribution in [0.1, 0.15) is 34.6 Å². The van der Waals surface area contributed by atoms with E-state index in [1.807, 2.05) is 13.8 Å². The lowest BCUT2D eigenvalue weighted by Crippen LogP contribution is -2.44. The summed E-state index contributed by atoms with van der Waals surface area (Å²) in [5, 5.41) is 8.90. The SMILES string of the molecule is CC(C)(C)OC(=O)N1C/C(=C(/F)CO)COC(C)(C)C1. The quantitative estimate of drug-likeness (QED) is 0.804. The molecule has 1 saturated heterocycles. The molecule has 0 saturated carbocycles. The predicted molar refractivity (Wildman–Crippen MR) is 73.1 cm³/mol. The average molecular weight is 289 g/mol. The lowest BCUT2D eigenvalue weighted by atomic mass is 10.1. The number of ether oxygens (including phenoxy) is 2. The molecule has 1 amide bonds. The number of hydrogen-bond acceptors (Lipinski definition) is 4. The number of nitrogens with zero attached hydrogens (tertiary/aromatic N) is 1. The maximum atomic E-state index is 13.6. The number of aliphatic hydroxyl groups excluding tert-OH is 1. The van der Waals surface area contributed by atoms with Crippen LogP contribution in [0.5, 0.6) is 0 Å². The predicted octanol–water partition coefficient (Wildman–Crippen LogP) is 2.25. The van der Waals surface area contributed by atoms with Crippen LogP contribution in [0.3, 0.4) is 0 Å². The number of aliphatic hydroxyl groups is 1. The molecule has 1 heterocycles. The molecule has 1 N–H and O–H groups in total. The summed E-state index contributed by atoms with van der Waals surface area (Å²) in [6, 6.07) is 0. The zero-order valence-electron chi connectivity index (χ0n) is 12.8. The largest absolute Gasteiger partial charge is 0.444 e. The molecule has 0 aromatic rings. The van der Waals surface area contributed by atoms with Gasteiger partial charge in [-0.05, 0) is 34.6 Å². The van der Waals surface area contributed by atoms with Crippen LogP contribution in [0, 0.1) is 0 Å². The first-order valence-corrected chi connectivity index (χ1v) is 6.63. The molecule has 0 aliphatic carbocycles. The molecule has 0 bridgehead atoms. The van der Waals surface area contributed by atoms with Crippen molar-refractivity contribution in [2.24, 2.45) is 0 Å². The molecule has 0 aromatic carbocycles. The Kier molecular flexibility index (Phi) is 5.15. The smallest absolute Gasteiger partial charge is 0.410 e. The van der Waals surface area contributed by atoms with Crippen LogP contribution in [0.25, 0.3) is 0 Å². The molecule has 0 spiro atoms. The fraction of sp³-hybridized carbons (Fsp3) is 0.786. The third kappa shape index (κ3) is 5.09. The third-order valence-electron chi connectivity index (χ3n) is 2.76. The molecule has 116 valence electrons. The highest BCUT2D eigenvalue weighted by atomic mass is 19.1. The van der Waals surface area contributed by atoms with Crippen molar-refractivity contribution in [3.63, 3.8) is 0 Å². The van der Waals surface area contributed by atoms with Crippen molar-refractivity contribution in [2.45, 2.75) is 45.8 Å². The molecule has 0 atom stereocenters. The Morgan fingerprint density at radius 2 is 2.10 bits per heavy atom. The fourth-order valence-electron chi connectivity index (χ4n) is 1.85. The molecule has 0 aromatic heterocycles. The van der Waals surface area contributed by atoms with Crippen LogP contribution >= 0.6 is 0 Å². The van der Waals surface area contributed by atoms with Gasteiger partial charge in [-0.2, -0.15) is 0 Å². The van der Waals surface area contributed by atoms with Gasteiger partial charge in [0.05, 0.1) is 31.9 Å². The van der Waals surface area contributed by atoms with Crippen LogP contribution in [0.2, 0.25) is 0 Å². The number of carbonyl (C=O) groups is 1. The second kappa shape index (κ2) is 6.10. The van der Waals surface area contributed by atoms with Gasteiger partial charge in [0.25, 0.3) is 0 Å². The number of rotatable bonds is 1. The van der Waals surface area contributed by atoms with E-state index in [4.69, 9.17) is 14.6 Å². The van der Waals surface area contributed by atoms with Gasteiger partial charge < -0.3 is 19.5 Å². The summed E-state index contributed by atoms with van der Waals surface area (Å²) in [4.78, 5) is 13.6. The van der Waals surface area contributed by atoms with Crippen LogP contribution in [-0.4, -0.2) is 53.6 Å². The average Bonchev–Trinajstić information content (AvgIpc) is 2.44. The number of hydrogen-bond donors (Lipinski definition) is 1. The Bertz CT molecular complexity index is 398. The Morgan fingerprint density at radius 1 is 1.50 bits per heavy atom. The van der Waals surface area contributed by atoms with E-state index < -0.39 is 29.7 Å². The van der Waals surface area contributed by atoms with Crippen molar-refractivity contribution < 1.29 is 23.8 Å². The van der Waals surface area contributed by atoms with Gasteiger partial charge in [0, 0.05) is 5.57 Å². The molecule has 6 heteroatoms. The minimum absolute atomic E-state index is 0.0543. The normalized spacial score (nSPS) is 22.2. The van der Waals surface area contributed by atoms with E-state index >= 15 is 0 Å². The van der Waals surface area contributed by atoms with Crippen LogP contribution in [-0.2, 0) is 9.47 Å². The van der Waals surface area contributed by atoms with Gasteiger partial charge in [-0.1, -0.05) is 0 Å². The maximum absolute atomic E-state index is 13.6. The molecular weight excluding hydrogens is 265 g/mol. The van der Waals surface area contributed by atoms with E-state index in [1.165, 1.54) is 4.90 Å². The van der Waals surface area contributed by atoms with Gasteiger partial charge in [0.15, 0.2) is 0 Å². The first-order chi connectivity index (χ1) is 9.04. The van der Waals surface area contributed by atoms with Crippen molar-refractivity contribution in [2.75, 3.05) is 26.3 Å². The van der Waals surface area contributed by atoms with Crippen LogP contribution in [0.15, 0.2) is 11.4 Å². The second-order valence-corrected chi connectivity index (χ2v) is 6.55.